The molecule has 1 N–H and O–H groups in total. The number of nitrogens with zero attached hydrogens (tertiary/aromatic N) is 2. The van der Waals surface area contributed by atoms with Crippen LogP contribution in [-0.4, -0.2) is 15.2 Å². The van der Waals surface area contributed by atoms with Crippen molar-refractivity contribution in [3.8, 4) is 11.3 Å². The number of aromatic amines is 1. The summed E-state index contributed by atoms with van der Waals surface area (Å²) in [6.45, 7) is 1.81. The minimum Gasteiger partial charge on any atom is -0.357 e. The normalized spacial score (nSPS) is 10.9. The number of aromatic nitrogens is 3. The topological polar surface area (TPSA) is 58.6 Å². The fourth-order valence-electron chi connectivity index (χ4n) is 2.08. The van der Waals surface area contributed by atoms with Crippen molar-refractivity contribution in [3.05, 3.63) is 56.4 Å². The number of nitrogens with one attached hydrogen (secondary N) is 1. The van der Waals surface area contributed by atoms with Gasteiger partial charge in [0.15, 0.2) is 5.43 Å². The largest absolute Gasteiger partial charge is 0.357 e. The Labute approximate surface area is 124 Å². The van der Waals surface area contributed by atoms with Crippen LogP contribution in [0.4, 0.5) is 0 Å². The van der Waals surface area contributed by atoms with Crippen LogP contribution < -0.4 is 5.43 Å². The van der Waals surface area contributed by atoms with Crippen LogP contribution in [0.3, 0.4) is 0 Å². The van der Waals surface area contributed by atoms with E-state index in [4.69, 9.17) is 23.2 Å². The van der Waals surface area contributed by atoms with E-state index in [2.05, 4.69) is 15.2 Å². The molecule has 20 heavy (non-hydrogen) atoms. The highest BCUT2D eigenvalue weighted by Crippen LogP contribution is 2.31. The molecule has 2 aromatic heterocycles. The standard InChI is InChI=1S/C14H9Cl2N3O/c1-7-4-12(20)10-6-17-19-14(13(10)18-7)9-3-2-8(15)5-11(9)16/h2-6H,1H3,(H,18,20). The number of hydrogen-bond donors (Lipinski definition) is 1. The molecule has 4 nitrogen and oxygen atoms in total. The summed E-state index contributed by atoms with van der Waals surface area (Å²) in [4.78, 5) is 15.1. The zero-order valence-electron chi connectivity index (χ0n) is 10.4. The van der Waals surface area contributed by atoms with E-state index in [0.717, 1.165) is 5.69 Å². The second kappa shape index (κ2) is 4.89. The first-order valence-electron chi connectivity index (χ1n) is 5.87. The Kier molecular flexibility index (Phi) is 3.20. The van der Waals surface area contributed by atoms with Gasteiger partial charge >= 0.3 is 0 Å². The molecule has 1 aromatic carbocycles. The van der Waals surface area contributed by atoms with Gasteiger partial charge in [0, 0.05) is 22.3 Å². The fraction of sp³-hybridized carbons (Fsp3) is 0.0714. The first-order chi connectivity index (χ1) is 9.56. The fourth-order valence-corrected chi connectivity index (χ4v) is 2.58. The van der Waals surface area contributed by atoms with Gasteiger partial charge in [-0.3, -0.25) is 4.79 Å². The first-order valence-corrected chi connectivity index (χ1v) is 6.62. The number of pyridine rings is 1. The SMILES string of the molecule is Cc1cc(=O)c2cnnc(-c3ccc(Cl)cc3Cl)c2[nH]1. The van der Waals surface area contributed by atoms with Gasteiger partial charge in [0.2, 0.25) is 0 Å². The van der Waals surface area contributed by atoms with Gasteiger partial charge in [-0.05, 0) is 25.1 Å². The molecule has 0 amide bonds. The lowest BCUT2D eigenvalue weighted by Gasteiger charge is -2.07. The molecule has 0 aliphatic heterocycles. The summed E-state index contributed by atoms with van der Waals surface area (Å²) in [7, 11) is 0. The van der Waals surface area contributed by atoms with Gasteiger partial charge in [-0.1, -0.05) is 23.2 Å². The van der Waals surface area contributed by atoms with E-state index in [-0.39, 0.29) is 5.43 Å². The summed E-state index contributed by atoms with van der Waals surface area (Å²) in [5, 5.41) is 9.46. The quantitative estimate of drug-likeness (QED) is 0.747. The molecule has 2 heterocycles. The Hall–Kier alpha value is -1.91. The van der Waals surface area contributed by atoms with E-state index in [9.17, 15) is 4.79 Å². The van der Waals surface area contributed by atoms with Gasteiger partial charge < -0.3 is 4.98 Å². The van der Waals surface area contributed by atoms with Crippen LogP contribution in [0.15, 0.2) is 35.3 Å². The molecule has 0 saturated carbocycles. The lowest BCUT2D eigenvalue weighted by atomic mass is 10.1. The van der Waals surface area contributed by atoms with Gasteiger partial charge in [-0.25, -0.2) is 0 Å². The number of halogens is 2. The van der Waals surface area contributed by atoms with Gasteiger partial charge in [-0.15, -0.1) is 5.10 Å². The van der Waals surface area contributed by atoms with E-state index in [0.29, 0.717) is 32.2 Å². The van der Waals surface area contributed by atoms with Crippen LogP contribution in [0.5, 0.6) is 0 Å². The number of H-pyrrole nitrogens is 1. The zero-order valence-corrected chi connectivity index (χ0v) is 12.0. The van der Waals surface area contributed by atoms with Crippen molar-refractivity contribution in [2.45, 2.75) is 6.92 Å². The van der Waals surface area contributed by atoms with E-state index in [1.165, 1.54) is 12.3 Å². The minimum atomic E-state index is -0.0996. The molecule has 0 spiro atoms. The average Bonchev–Trinajstić information content (AvgIpc) is 2.38. The Morgan fingerprint density at radius 2 is 2.00 bits per heavy atom. The van der Waals surface area contributed by atoms with Crippen molar-refractivity contribution in [1.82, 2.24) is 15.2 Å². The van der Waals surface area contributed by atoms with Gasteiger partial charge in [-0.2, -0.15) is 5.10 Å². The highest BCUT2D eigenvalue weighted by Gasteiger charge is 2.12. The first kappa shape index (κ1) is 13.1. The molecule has 3 rings (SSSR count). The monoisotopic (exact) mass is 305 g/mol. The van der Waals surface area contributed by atoms with E-state index >= 15 is 0 Å². The predicted octanol–water partition coefficient (Wildman–Crippen LogP) is 3.60. The van der Waals surface area contributed by atoms with Crippen molar-refractivity contribution in [2.75, 3.05) is 0 Å². The van der Waals surface area contributed by atoms with Crippen molar-refractivity contribution in [2.24, 2.45) is 0 Å². The summed E-state index contributed by atoms with van der Waals surface area (Å²) < 4.78 is 0. The van der Waals surface area contributed by atoms with Crippen molar-refractivity contribution in [1.29, 1.82) is 0 Å². The smallest absolute Gasteiger partial charge is 0.191 e. The lowest BCUT2D eigenvalue weighted by molar-refractivity contribution is 1.04. The lowest BCUT2D eigenvalue weighted by Crippen LogP contribution is -2.06. The second-order valence-corrected chi connectivity index (χ2v) is 5.27. The van der Waals surface area contributed by atoms with E-state index in [1.54, 1.807) is 18.2 Å². The van der Waals surface area contributed by atoms with Crippen molar-refractivity contribution < 1.29 is 0 Å². The number of benzene rings is 1. The summed E-state index contributed by atoms with van der Waals surface area (Å²) in [6.07, 6.45) is 1.45. The summed E-state index contributed by atoms with van der Waals surface area (Å²) >= 11 is 12.1. The van der Waals surface area contributed by atoms with Crippen molar-refractivity contribution in [3.63, 3.8) is 0 Å². The number of rotatable bonds is 1. The molecule has 0 unspecified atom stereocenters. The minimum absolute atomic E-state index is 0.0996. The van der Waals surface area contributed by atoms with Crippen LogP contribution >= 0.6 is 23.2 Å². The highest BCUT2D eigenvalue weighted by atomic mass is 35.5. The summed E-state index contributed by atoms with van der Waals surface area (Å²) in [6, 6.07) is 6.64. The number of fused-ring (bicyclic) bond motifs is 1. The number of aryl methyl sites for hydroxylation is 1. The third-order valence-corrected chi connectivity index (χ3v) is 3.52. The van der Waals surface area contributed by atoms with Crippen LogP contribution in [-0.2, 0) is 0 Å². The van der Waals surface area contributed by atoms with Gasteiger partial charge in [0.05, 0.1) is 22.1 Å². The van der Waals surface area contributed by atoms with Gasteiger partial charge in [0.25, 0.3) is 0 Å². The maximum Gasteiger partial charge on any atom is 0.191 e. The molecule has 6 heteroatoms. The third kappa shape index (κ3) is 2.17. The average molecular weight is 306 g/mol. The second-order valence-electron chi connectivity index (χ2n) is 4.42. The molecular formula is C14H9Cl2N3O. The molecule has 0 aliphatic carbocycles. The van der Waals surface area contributed by atoms with Crippen LogP contribution in [0.25, 0.3) is 22.2 Å². The molecule has 0 saturated heterocycles. The van der Waals surface area contributed by atoms with Crippen LogP contribution in [0.1, 0.15) is 5.69 Å². The zero-order chi connectivity index (χ0) is 14.3. The third-order valence-electron chi connectivity index (χ3n) is 2.97. The molecule has 0 atom stereocenters. The Balaban J connectivity index is 2.39. The number of hydrogen-bond acceptors (Lipinski definition) is 3. The molecule has 0 aliphatic rings. The maximum absolute atomic E-state index is 12.0. The molecular weight excluding hydrogens is 297 g/mol. The molecule has 0 bridgehead atoms. The molecule has 3 aromatic rings. The van der Waals surface area contributed by atoms with Crippen molar-refractivity contribution >= 4 is 34.1 Å². The molecule has 0 fully saturated rings. The van der Waals surface area contributed by atoms with E-state index < -0.39 is 0 Å². The summed E-state index contributed by atoms with van der Waals surface area (Å²) in [5.74, 6) is 0. The molecule has 100 valence electrons. The van der Waals surface area contributed by atoms with Crippen LogP contribution in [0, 0.1) is 6.92 Å². The van der Waals surface area contributed by atoms with Gasteiger partial charge in [0.1, 0.15) is 5.69 Å². The Bertz CT molecular complexity index is 874. The van der Waals surface area contributed by atoms with E-state index in [1.807, 2.05) is 6.92 Å². The highest BCUT2D eigenvalue weighted by molar-refractivity contribution is 6.36. The Morgan fingerprint density at radius 1 is 1.20 bits per heavy atom. The maximum atomic E-state index is 12.0. The predicted molar refractivity (Wildman–Crippen MR) is 80.4 cm³/mol. The summed E-state index contributed by atoms with van der Waals surface area (Å²) in [5.41, 5.74) is 2.48. The van der Waals surface area contributed by atoms with Crippen LogP contribution in [0.2, 0.25) is 10.0 Å². The molecule has 0 radical (unpaired) electrons. The Morgan fingerprint density at radius 3 is 2.75 bits per heavy atom.